The monoisotopic (exact) mass is 546 g/mol. The topological polar surface area (TPSA) is 139 Å². The minimum absolute atomic E-state index is 0.0530. The lowest BCUT2D eigenvalue weighted by Crippen LogP contribution is -2.60. The van der Waals surface area contributed by atoms with Gasteiger partial charge in [-0.05, 0) is 37.0 Å². The van der Waals surface area contributed by atoms with Gasteiger partial charge >= 0.3 is 0 Å². The molecule has 0 saturated carbocycles. The number of Topliss-reactive ketones (excluding diaryl/α,β-unsaturated/α-hetero) is 1. The summed E-state index contributed by atoms with van der Waals surface area (Å²) in [5.74, 6) is -0.716. The first-order valence-electron chi connectivity index (χ1n) is 13.0. The van der Waals surface area contributed by atoms with Crippen molar-refractivity contribution in [3.8, 4) is 0 Å². The van der Waals surface area contributed by atoms with Gasteiger partial charge in [-0.15, -0.1) is 11.3 Å². The number of nitrogens with two attached hydrogens (primary N) is 1. The molecule has 39 heavy (non-hydrogen) atoms. The Morgan fingerprint density at radius 2 is 1.92 bits per heavy atom. The Balaban J connectivity index is 1.24. The van der Waals surface area contributed by atoms with E-state index in [0.717, 1.165) is 5.56 Å². The van der Waals surface area contributed by atoms with Crippen molar-refractivity contribution in [3.63, 3.8) is 0 Å². The molecule has 2 saturated heterocycles. The maximum atomic E-state index is 13.5. The summed E-state index contributed by atoms with van der Waals surface area (Å²) in [5, 5.41) is 4.85. The van der Waals surface area contributed by atoms with Gasteiger partial charge in [0.15, 0.2) is 5.01 Å². The number of nitrogens with one attached hydrogen (secondary N) is 1. The number of anilines is 1. The van der Waals surface area contributed by atoms with E-state index in [-0.39, 0.29) is 41.6 Å². The van der Waals surface area contributed by atoms with Gasteiger partial charge in [0, 0.05) is 36.7 Å². The molecule has 3 N–H and O–H groups in total. The van der Waals surface area contributed by atoms with E-state index in [1.54, 1.807) is 33.4 Å². The van der Waals surface area contributed by atoms with Crippen LogP contribution in [-0.2, 0) is 27.2 Å². The van der Waals surface area contributed by atoms with Crippen molar-refractivity contribution in [2.45, 2.75) is 50.2 Å². The SMILES string of the molecule is Nc1cccc(CC(NC(=O)C2CCC3CN(C(=O)CCc4ccccc4)CC(=O)N32)C(=O)c2nccs2)n1. The normalized spacial score (nSPS) is 19.4. The number of nitrogens with zero attached hydrogens (tertiary/aromatic N) is 4. The Kier molecular flexibility index (Phi) is 7.97. The number of carbonyl (C=O) groups is 4. The summed E-state index contributed by atoms with van der Waals surface area (Å²) in [5.41, 5.74) is 7.45. The molecule has 2 aliphatic rings. The molecule has 0 aliphatic carbocycles. The first-order chi connectivity index (χ1) is 18.9. The minimum atomic E-state index is -0.909. The molecule has 2 fully saturated rings. The zero-order valence-corrected chi connectivity index (χ0v) is 22.2. The van der Waals surface area contributed by atoms with Crippen molar-refractivity contribution in [3.05, 3.63) is 76.4 Å². The number of hydrogen-bond donors (Lipinski definition) is 2. The number of aromatic nitrogens is 2. The number of ketones is 1. The van der Waals surface area contributed by atoms with Crippen LogP contribution in [0, 0.1) is 0 Å². The summed E-state index contributed by atoms with van der Waals surface area (Å²) in [7, 11) is 0. The Labute approximate surface area is 230 Å². The fourth-order valence-corrected chi connectivity index (χ4v) is 5.93. The summed E-state index contributed by atoms with van der Waals surface area (Å²) >= 11 is 1.20. The number of rotatable bonds is 9. The smallest absolute Gasteiger partial charge is 0.243 e. The Morgan fingerprint density at radius 3 is 2.67 bits per heavy atom. The maximum Gasteiger partial charge on any atom is 0.243 e. The third-order valence-corrected chi connectivity index (χ3v) is 7.98. The van der Waals surface area contributed by atoms with Crippen molar-refractivity contribution in [1.29, 1.82) is 0 Å². The van der Waals surface area contributed by atoms with Crippen LogP contribution in [-0.4, -0.2) is 74.5 Å². The molecule has 202 valence electrons. The molecule has 4 heterocycles. The number of thiazole rings is 1. The van der Waals surface area contributed by atoms with Crippen LogP contribution in [0.1, 0.15) is 40.3 Å². The van der Waals surface area contributed by atoms with Crippen molar-refractivity contribution >= 4 is 40.7 Å². The minimum Gasteiger partial charge on any atom is -0.384 e. The number of carbonyl (C=O) groups excluding carboxylic acids is 4. The van der Waals surface area contributed by atoms with Gasteiger partial charge in [-0.1, -0.05) is 36.4 Å². The Bertz CT molecular complexity index is 1350. The van der Waals surface area contributed by atoms with Crippen LogP contribution in [0.3, 0.4) is 0 Å². The highest BCUT2D eigenvalue weighted by molar-refractivity contribution is 7.11. The highest BCUT2D eigenvalue weighted by atomic mass is 32.1. The Hall–Kier alpha value is -4.12. The number of hydrogen-bond acceptors (Lipinski definition) is 8. The van der Waals surface area contributed by atoms with Gasteiger partial charge in [-0.2, -0.15) is 0 Å². The second kappa shape index (κ2) is 11.7. The van der Waals surface area contributed by atoms with Crippen molar-refractivity contribution in [2.24, 2.45) is 0 Å². The second-order valence-electron chi connectivity index (χ2n) is 9.83. The molecule has 3 aromatic rings. The van der Waals surface area contributed by atoms with Crippen molar-refractivity contribution in [2.75, 3.05) is 18.8 Å². The molecule has 3 atom stereocenters. The number of amides is 3. The third-order valence-electron chi connectivity index (χ3n) is 7.19. The Morgan fingerprint density at radius 1 is 1.10 bits per heavy atom. The molecule has 0 bridgehead atoms. The molecule has 2 aliphatic heterocycles. The van der Waals surface area contributed by atoms with Crippen LogP contribution < -0.4 is 11.1 Å². The lowest BCUT2D eigenvalue weighted by Gasteiger charge is -2.39. The van der Waals surface area contributed by atoms with E-state index < -0.39 is 18.0 Å². The molecule has 11 heteroatoms. The lowest BCUT2D eigenvalue weighted by molar-refractivity contribution is -0.151. The average Bonchev–Trinajstić information content (AvgIpc) is 3.62. The van der Waals surface area contributed by atoms with E-state index in [1.165, 1.54) is 17.5 Å². The van der Waals surface area contributed by atoms with E-state index in [9.17, 15) is 19.2 Å². The van der Waals surface area contributed by atoms with Gasteiger partial charge < -0.3 is 20.9 Å². The molecular formula is C28H30N6O4S. The van der Waals surface area contributed by atoms with Gasteiger partial charge in [0.25, 0.3) is 0 Å². The van der Waals surface area contributed by atoms with E-state index in [2.05, 4.69) is 15.3 Å². The van der Waals surface area contributed by atoms with Crippen LogP contribution in [0.2, 0.25) is 0 Å². The number of piperazine rings is 1. The largest absolute Gasteiger partial charge is 0.384 e. The summed E-state index contributed by atoms with van der Waals surface area (Å²) in [6.45, 7) is 0.348. The van der Waals surface area contributed by atoms with Crippen LogP contribution in [0.25, 0.3) is 0 Å². The molecule has 10 nitrogen and oxygen atoms in total. The van der Waals surface area contributed by atoms with Gasteiger partial charge in [-0.25, -0.2) is 9.97 Å². The molecule has 1 aromatic carbocycles. The van der Waals surface area contributed by atoms with Gasteiger partial charge in [0.1, 0.15) is 17.9 Å². The highest BCUT2D eigenvalue weighted by Gasteiger charge is 2.46. The standard InChI is InChI=1S/C28H30N6O4S/c29-23-8-4-7-19(31-23)15-21(26(37)28-30-13-14-39-28)32-27(38)22-11-10-20-16-33(17-25(36)34(20)22)24(35)12-9-18-5-2-1-3-6-18/h1-8,13-14,20-22H,9-12,15-17H2,(H2,29,31)(H,32,38). The fraction of sp³-hybridized carbons (Fsp3) is 0.357. The number of fused-ring (bicyclic) bond motifs is 1. The second-order valence-corrected chi connectivity index (χ2v) is 10.7. The van der Waals surface area contributed by atoms with E-state index in [4.69, 9.17) is 5.73 Å². The summed E-state index contributed by atoms with van der Waals surface area (Å²) in [6.07, 6.45) is 3.68. The average molecular weight is 547 g/mol. The quantitative estimate of drug-likeness (QED) is 0.391. The number of aryl methyl sites for hydroxylation is 1. The zero-order chi connectivity index (χ0) is 27.4. The van der Waals surface area contributed by atoms with Crippen LogP contribution >= 0.6 is 11.3 Å². The van der Waals surface area contributed by atoms with Gasteiger partial charge in [0.05, 0.1) is 12.6 Å². The first kappa shape index (κ1) is 26.5. The summed E-state index contributed by atoms with van der Waals surface area (Å²) < 4.78 is 0. The molecular weight excluding hydrogens is 516 g/mol. The van der Waals surface area contributed by atoms with E-state index >= 15 is 0 Å². The summed E-state index contributed by atoms with van der Waals surface area (Å²) in [4.78, 5) is 64.3. The van der Waals surface area contributed by atoms with Crippen LogP contribution in [0.4, 0.5) is 5.82 Å². The molecule has 5 rings (SSSR count). The highest BCUT2D eigenvalue weighted by Crippen LogP contribution is 2.29. The third kappa shape index (κ3) is 6.14. The van der Waals surface area contributed by atoms with Gasteiger partial charge in [0.2, 0.25) is 23.5 Å². The molecule has 0 radical (unpaired) electrons. The number of nitrogen functional groups attached to an aromatic ring is 1. The number of pyridine rings is 1. The molecule has 2 aromatic heterocycles. The van der Waals surface area contributed by atoms with Gasteiger partial charge in [-0.3, -0.25) is 19.2 Å². The maximum absolute atomic E-state index is 13.5. The predicted octanol–water partition coefficient (Wildman–Crippen LogP) is 1.87. The van der Waals surface area contributed by atoms with E-state index in [1.807, 2.05) is 30.3 Å². The molecule has 0 spiro atoms. The first-order valence-corrected chi connectivity index (χ1v) is 13.9. The zero-order valence-electron chi connectivity index (χ0n) is 21.4. The lowest BCUT2D eigenvalue weighted by atomic mass is 10.0. The van der Waals surface area contributed by atoms with Crippen molar-refractivity contribution in [1.82, 2.24) is 25.1 Å². The van der Waals surface area contributed by atoms with Crippen molar-refractivity contribution < 1.29 is 19.2 Å². The predicted molar refractivity (Wildman–Crippen MR) is 146 cm³/mol. The number of benzene rings is 1. The molecule has 3 amide bonds. The summed E-state index contributed by atoms with van der Waals surface area (Å²) in [6, 6.07) is 13.1. The van der Waals surface area contributed by atoms with Crippen LogP contribution in [0.15, 0.2) is 60.1 Å². The van der Waals surface area contributed by atoms with Crippen LogP contribution in [0.5, 0.6) is 0 Å². The molecule has 3 unspecified atom stereocenters. The van der Waals surface area contributed by atoms with E-state index in [0.29, 0.717) is 43.7 Å². The fourth-order valence-electron chi connectivity index (χ4n) is 5.30.